The zero-order valence-corrected chi connectivity index (χ0v) is 14.3. The Bertz CT molecular complexity index is 936. The van der Waals surface area contributed by atoms with Crippen molar-refractivity contribution in [2.75, 3.05) is 0 Å². The van der Waals surface area contributed by atoms with Gasteiger partial charge in [-0.15, -0.1) is 0 Å². The quantitative estimate of drug-likeness (QED) is 0.916. The minimum absolute atomic E-state index is 0.0951. The van der Waals surface area contributed by atoms with Crippen LogP contribution in [0.25, 0.3) is 0 Å². The van der Waals surface area contributed by atoms with Crippen LogP contribution in [0.1, 0.15) is 48.4 Å². The van der Waals surface area contributed by atoms with Crippen molar-refractivity contribution in [3.05, 3.63) is 68.0 Å². The average Bonchev–Trinajstić information content (AvgIpc) is 2.62. The molecular weight excluding hydrogens is 316 g/mol. The summed E-state index contributed by atoms with van der Waals surface area (Å²) in [4.78, 5) is 24.9. The number of rotatable bonds is 3. The van der Waals surface area contributed by atoms with Crippen molar-refractivity contribution >= 4 is 0 Å². The monoisotopic (exact) mass is 338 g/mol. The Hall–Kier alpha value is -2.65. The fourth-order valence-corrected chi connectivity index (χ4v) is 3.62. The third kappa shape index (κ3) is 3.42. The van der Waals surface area contributed by atoms with E-state index in [0.29, 0.717) is 5.56 Å². The van der Waals surface area contributed by atoms with E-state index in [-0.39, 0.29) is 29.8 Å². The van der Waals surface area contributed by atoms with E-state index in [9.17, 15) is 14.9 Å². The molecule has 0 saturated heterocycles. The smallest absolute Gasteiger partial charge is 0.328 e. The van der Waals surface area contributed by atoms with Crippen LogP contribution in [0.5, 0.6) is 0 Å². The van der Waals surface area contributed by atoms with Gasteiger partial charge in [-0.2, -0.15) is 5.26 Å². The molecular formula is C19H22N4O2. The van der Waals surface area contributed by atoms with Crippen LogP contribution in [0.2, 0.25) is 0 Å². The Kier molecular flexibility index (Phi) is 4.86. The van der Waals surface area contributed by atoms with Gasteiger partial charge in [0.25, 0.3) is 5.56 Å². The Morgan fingerprint density at radius 2 is 2.04 bits per heavy atom. The van der Waals surface area contributed by atoms with Gasteiger partial charge in [0.05, 0.1) is 18.2 Å². The van der Waals surface area contributed by atoms with Crippen LogP contribution < -0.4 is 17.0 Å². The minimum Gasteiger partial charge on any atom is -0.328 e. The Morgan fingerprint density at radius 3 is 2.76 bits per heavy atom. The second-order valence-electron chi connectivity index (χ2n) is 6.73. The van der Waals surface area contributed by atoms with Crippen molar-refractivity contribution in [3.63, 3.8) is 0 Å². The first kappa shape index (κ1) is 17.2. The molecule has 0 spiro atoms. The highest BCUT2D eigenvalue weighted by Crippen LogP contribution is 2.31. The molecule has 25 heavy (non-hydrogen) atoms. The van der Waals surface area contributed by atoms with Crippen LogP contribution >= 0.6 is 0 Å². The third-order valence-corrected chi connectivity index (χ3v) is 5.03. The maximum Gasteiger partial charge on any atom is 0.331 e. The summed E-state index contributed by atoms with van der Waals surface area (Å²) in [6, 6.07) is 11.0. The molecule has 6 nitrogen and oxygen atoms in total. The predicted molar refractivity (Wildman–Crippen MR) is 95.4 cm³/mol. The third-order valence-electron chi connectivity index (χ3n) is 5.03. The first-order valence-electron chi connectivity index (χ1n) is 8.55. The maximum atomic E-state index is 12.8. The average molecular weight is 338 g/mol. The second-order valence-corrected chi connectivity index (χ2v) is 6.73. The summed E-state index contributed by atoms with van der Waals surface area (Å²) in [6.07, 6.45) is 3.65. The number of nitrogens with two attached hydrogens (primary N) is 1. The summed E-state index contributed by atoms with van der Waals surface area (Å²) in [5.41, 5.74) is 7.49. The number of hydrogen-bond donors (Lipinski definition) is 1. The number of hydrogen-bond acceptors (Lipinski definition) is 4. The van der Waals surface area contributed by atoms with Gasteiger partial charge in [0.1, 0.15) is 0 Å². The zero-order chi connectivity index (χ0) is 18.0. The number of nitrogens with zero attached hydrogens (tertiary/aromatic N) is 3. The lowest BCUT2D eigenvalue weighted by molar-refractivity contribution is 0.375. The van der Waals surface area contributed by atoms with Crippen molar-refractivity contribution in [2.45, 2.75) is 44.2 Å². The van der Waals surface area contributed by atoms with Gasteiger partial charge in [0.2, 0.25) is 0 Å². The highest BCUT2D eigenvalue weighted by molar-refractivity contribution is 5.37. The molecule has 130 valence electrons. The van der Waals surface area contributed by atoms with Crippen molar-refractivity contribution < 1.29 is 0 Å². The van der Waals surface area contributed by atoms with Gasteiger partial charge in [0, 0.05) is 30.8 Å². The molecule has 0 aliphatic heterocycles. The van der Waals surface area contributed by atoms with Gasteiger partial charge in [-0.3, -0.25) is 13.9 Å². The summed E-state index contributed by atoms with van der Waals surface area (Å²) in [5.74, 6) is 0.0968. The number of nitriles is 1. The largest absolute Gasteiger partial charge is 0.331 e. The van der Waals surface area contributed by atoms with Crippen LogP contribution in [0.15, 0.2) is 39.9 Å². The van der Waals surface area contributed by atoms with E-state index < -0.39 is 0 Å². The summed E-state index contributed by atoms with van der Waals surface area (Å²) in [7, 11) is 1.48. The van der Waals surface area contributed by atoms with Crippen LogP contribution in [0.4, 0.5) is 0 Å². The van der Waals surface area contributed by atoms with Gasteiger partial charge < -0.3 is 5.73 Å². The van der Waals surface area contributed by atoms with Crippen LogP contribution in [-0.2, 0) is 13.6 Å². The van der Waals surface area contributed by atoms with E-state index in [1.807, 2.05) is 12.1 Å². The molecule has 0 amide bonds. The van der Waals surface area contributed by atoms with Gasteiger partial charge >= 0.3 is 5.69 Å². The standard InChI is InChI=1S/C19H22N4O2/c1-22-18(24)10-17(13-7-4-8-16(21)9-13)23(19(22)25)12-15-6-3-2-5-14(15)11-20/h2-3,5-6,10,13,16H,4,7-9,12,21H2,1H3/t13?,16-/m1/s1. The molecule has 3 rings (SSSR count). The van der Waals surface area contributed by atoms with Crippen molar-refractivity contribution in [3.8, 4) is 6.07 Å². The molecule has 1 aromatic carbocycles. The molecule has 1 aliphatic rings. The molecule has 6 heteroatoms. The Labute approximate surface area is 146 Å². The van der Waals surface area contributed by atoms with Crippen molar-refractivity contribution in [2.24, 2.45) is 12.8 Å². The highest BCUT2D eigenvalue weighted by Gasteiger charge is 2.25. The van der Waals surface area contributed by atoms with Crippen LogP contribution in [-0.4, -0.2) is 15.2 Å². The molecule has 0 bridgehead atoms. The molecule has 0 radical (unpaired) electrons. The van der Waals surface area contributed by atoms with Crippen LogP contribution in [0.3, 0.4) is 0 Å². The first-order valence-corrected chi connectivity index (χ1v) is 8.55. The number of benzene rings is 1. The van der Waals surface area contributed by atoms with E-state index in [4.69, 9.17) is 5.73 Å². The molecule has 1 fully saturated rings. The van der Waals surface area contributed by atoms with E-state index >= 15 is 0 Å². The maximum absolute atomic E-state index is 12.8. The molecule has 1 unspecified atom stereocenters. The number of aromatic nitrogens is 2. The minimum atomic E-state index is -0.352. The van der Waals surface area contributed by atoms with Gasteiger partial charge in [-0.1, -0.05) is 24.6 Å². The molecule has 1 saturated carbocycles. The van der Waals surface area contributed by atoms with E-state index in [2.05, 4.69) is 6.07 Å². The van der Waals surface area contributed by atoms with Gasteiger partial charge in [-0.05, 0) is 30.9 Å². The molecule has 1 heterocycles. The fraction of sp³-hybridized carbons (Fsp3) is 0.421. The second kappa shape index (κ2) is 7.08. The first-order chi connectivity index (χ1) is 12.0. The normalized spacial score (nSPS) is 20.2. The summed E-state index contributed by atoms with van der Waals surface area (Å²) in [5, 5.41) is 9.31. The Balaban J connectivity index is 2.11. The van der Waals surface area contributed by atoms with Crippen molar-refractivity contribution in [1.82, 2.24) is 9.13 Å². The van der Waals surface area contributed by atoms with Gasteiger partial charge in [-0.25, -0.2) is 4.79 Å². The highest BCUT2D eigenvalue weighted by atomic mass is 16.2. The lowest BCUT2D eigenvalue weighted by Gasteiger charge is -2.29. The van der Waals surface area contributed by atoms with Crippen LogP contribution in [0, 0.1) is 11.3 Å². The summed E-state index contributed by atoms with van der Waals surface area (Å²) >= 11 is 0. The van der Waals surface area contributed by atoms with E-state index in [1.54, 1.807) is 22.8 Å². The molecule has 2 atom stereocenters. The fourth-order valence-electron chi connectivity index (χ4n) is 3.62. The molecule has 1 aliphatic carbocycles. The van der Waals surface area contributed by atoms with Crippen molar-refractivity contribution in [1.29, 1.82) is 5.26 Å². The lowest BCUT2D eigenvalue weighted by atomic mass is 9.84. The van der Waals surface area contributed by atoms with E-state index in [1.165, 1.54) is 7.05 Å². The summed E-state index contributed by atoms with van der Waals surface area (Å²) < 4.78 is 2.74. The van der Waals surface area contributed by atoms with E-state index in [0.717, 1.165) is 41.5 Å². The molecule has 1 aromatic heterocycles. The topological polar surface area (TPSA) is 93.8 Å². The summed E-state index contributed by atoms with van der Waals surface area (Å²) in [6.45, 7) is 0.276. The Morgan fingerprint density at radius 1 is 1.28 bits per heavy atom. The zero-order valence-electron chi connectivity index (χ0n) is 14.3. The molecule has 2 aromatic rings. The lowest BCUT2D eigenvalue weighted by Crippen LogP contribution is -2.41. The SMILES string of the molecule is Cn1c(=O)cc(C2CCC[C@@H](N)C2)n(Cc2ccccc2C#N)c1=O. The van der Waals surface area contributed by atoms with Gasteiger partial charge in [0.15, 0.2) is 0 Å². The predicted octanol–water partition coefficient (Wildman–Crippen LogP) is 1.45. The molecule has 2 N–H and O–H groups in total.